The molecule has 0 aliphatic rings. The van der Waals surface area contributed by atoms with Crippen LogP contribution in [-0.4, -0.2) is 5.11 Å². The highest BCUT2D eigenvalue weighted by Crippen LogP contribution is 2.32. The zero-order valence-electron chi connectivity index (χ0n) is 10.5. The third kappa shape index (κ3) is 2.43. The molecular weight excluding hydrogens is 228 g/mol. The summed E-state index contributed by atoms with van der Waals surface area (Å²) in [6, 6.07) is 10.3. The number of thiophene rings is 1. The lowest BCUT2D eigenvalue weighted by Crippen LogP contribution is -2.21. The van der Waals surface area contributed by atoms with E-state index in [1.165, 1.54) is 10.4 Å². The third-order valence-electron chi connectivity index (χ3n) is 3.22. The summed E-state index contributed by atoms with van der Waals surface area (Å²) in [5.41, 5.74) is 2.33. The normalized spacial score (nSPS) is 14.6. The fourth-order valence-corrected chi connectivity index (χ4v) is 2.74. The van der Waals surface area contributed by atoms with Crippen LogP contribution in [0, 0.1) is 6.92 Å². The van der Waals surface area contributed by atoms with Gasteiger partial charge in [-0.25, -0.2) is 0 Å². The molecule has 0 bridgehead atoms. The van der Waals surface area contributed by atoms with Gasteiger partial charge in [0.05, 0.1) is 0 Å². The average Bonchev–Trinajstić information content (AvgIpc) is 2.77. The van der Waals surface area contributed by atoms with Gasteiger partial charge in [-0.1, -0.05) is 31.2 Å². The van der Waals surface area contributed by atoms with Crippen LogP contribution < -0.4 is 0 Å². The van der Waals surface area contributed by atoms with E-state index in [1.807, 2.05) is 24.4 Å². The Bertz CT molecular complexity index is 494. The number of rotatable bonds is 3. The van der Waals surface area contributed by atoms with E-state index in [-0.39, 0.29) is 0 Å². The van der Waals surface area contributed by atoms with Gasteiger partial charge in [0.2, 0.25) is 0 Å². The monoisotopic (exact) mass is 246 g/mol. The van der Waals surface area contributed by atoms with Crippen molar-refractivity contribution in [1.29, 1.82) is 0 Å². The predicted octanol–water partition coefficient (Wildman–Crippen LogP) is 3.87. The van der Waals surface area contributed by atoms with Crippen LogP contribution >= 0.6 is 11.3 Å². The van der Waals surface area contributed by atoms with Crippen molar-refractivity contribution in [3.8, 4) is 0 Å². The highest BCUT2D eigenvalue weighted by molar-refractivity contribution is 7.10. The number of hydrogen-bond donors (Lipinski definition) is 1. The molecule has 17 heavy (non-hydrogen) atoms. The maximum absolute atomic E-state index is 10.6. The molecule has 0 radical (unpaired) electrons. The van der Waals surface area contributed by atoms with E-state index in [2.05, 4.69) is 32.0 Å². The van der Waals surface area contributed by atoms with Crippen LogP contribution in [0.3, 0.4) is 0 Å². The first-order valence-electron chi connectivity index (χ1n) is 5.91. The molecule has 0 amide bonds. The summed E-state index contributed by atoms with van der Waals surface area (Å²) in [6.07, 6.45) is 1.03. The van der Waals surface area contributed by atoms with E-state index >= 15 is 0 Å². The van der Waals surface area contributed by atoms with Gasteiger partial charge in [0.1, 0.15) is 5.60 Å². The Hall–Kier alpha value is -1.12. The van der Waals surface area contributed by atoms with Crippen molar-refractivity contribution in [3.05, 3.63) is 57.3 Å². The number of aliphatic hydroxyl groups is 1. The summed E-state index contributed by atoms with van der Waals surface area (Å²) in [4.78, 5) is 1.23. The Morgan fingerprint density at radius 3 is 2.29 bits per heavy atom. The third-order valence-corrected chi connectivity index (χ3v) is 4.08. The molecule has 0 saturated carbocycles. The second-order valence-corrected chi connectivity index (χ2v) is 5.68. The first-order valence-corrected chi connectivity index (χ1v) is 6.79. The van der Waals surface area contributed by atoms with Gasteiger partial charge in [-0.15, -0.1) is 11.3 Å². The fourth-order valence-electron chi connectivity index (χ4n) is 1.93. The Balaban J connectivity index is 2.36. The summed E-state index contributed by atoms with van der Waals surface area (Å²) < 4.78 is 0. The van der Waals surface area contributed by atoms with Crippen LogP contribution in [0.5, 0.6) is 0 Å². The molecule has 90 valence electrons. The molecule has 0 spiro atoms. The zero-order valence-corrected chi connectivity index (χ0v) is 11.3. The molecule has 0 fully saturated rings. The predicted molar refractivity (Wildman–Crippen MR) is 73.5 cm³/mol. The first-order chi connectivity index (χ1) is 8.04. The smallest absolute Gasteiger partial charge is 0.113 e. The molecule has 1 nitrogen and oxygen atoms in total. The molecule has 0 saturated heterocycles. The lowest BCUT2D eigenvalue weighted by atomic mass is 9.89. The zero-order chi connectivity index (χ0) is 12.5. The second-order valence-electron chi connectivity index (χ2n) is 4.57. The summed E-state index contributed by atoms with van der Waals surface area (Å²) in [5.74, 6) is 0. The van der Waals surface area contributed by atoms with Gasteiger partial charge in [0, 0.05) is 4.88 Å². The minimum absolute atomic E-state index is 0.892. The van der Waals surface area contributed by atoms with Gasteiger partial charge < -0.3 is 5.11 Å². The molecule has 1 N–H and O–H groups in total. The maximum atomic E-state index is 10.6. The highest BCUT2D eigenvalue weighted by Gasteiger charge is 2.26. The van der Waals surface area contributed by atoms with Gasteiger partial charge in [-0.3, -0.25) is 0 Å². The molecule has 1 heterocycles. The molecule has 1 unspecified atom stereocenters. The van der Waals surface area contributed by atoms with Crippen molar-refractivity contribution in [1.82, 2.24) is 0 Å². The van der Waals surface area contributed by atoms with E-state index < -0.39 is 5.60 Å². The molecule has 0 aliphatic heterocycles. The lowest BCUT2D eigenvalue weighted by molar-refractivity contribution is 0.103. The van der Waals surface area contributed by atoms with E-state index in [4.69, 9.17) is 0 Å². The molecular formula is C15H18OS. The van der Waals surface area contributed by atoms with Crippen molar-refractivity contribution in [2.24, 2.45) is 0 Å². The molecule has 2 aromatic rings. The highest BCUT2D eigenvalue weighted by atomic mass is 32.1. The molecule has 0 aliphatic carbocycles. The summed E-state index contributed by atoms with van der Waals surface area (Å²) in [7, 11) is 0. The second kappa shape index (κ2) is 4.63. The molecule has 2 rings (SSSR count). The topological polar surface area (TPSA) is 20.2 Å². The maximum Gasteiger partial charge on any atom is 0.113 e. The van der Waals surface area contributed by atoms with E-state index in [0.717, 1.165) is 17.5 Å². The van der Waals surface area contributed by atoms with Crippen LogP contribution in [0.15, 0.2) is 35.7 Å². The molecule has 1 aromatic carbocycles. The fraction of sp³-hybridized carbons (Fsp3) is 0.333. The van der Waals surface area contributed by atoms with Crippen molar-refractivity contribution < 1.29 is 5.11 Å². The van der Waals surface area contributed by atoms with Crippen LogP contribution in [-0.2, 0) is 12.0 Å². The number of hydrogen-bond acceptors (Lipinski definition) is 2. The van der Waals surface area contributed by atoms with Gasteiger partial charge in [-0.2, -0.15) is 0 Å². The Morgan fingerprint density at radius 2 is 1.82 bits per heavy atom. The molecule has 1 aromatic heterocycles. The quantitative estimate of drug-likeness (QED) is 0.871. The van der Waals surface area contributed by atoms with E-state index in [0.29, 0.717) is 0 Å². The van der Waals surface area contributed by atoms with Crippen LogP contribution in [0.2, 0.25) is 0 Å². The van der Waals surface area contributed by atoms with Gasteiger partial charge in [-0.05, 0) is 48.4 Å². The first kappa shape index (κ1) is 12.3. The average molecular weight is 246 g/mol. The van der Waals surface area contributed by atoms with E-state index in [9.17, 15) is 5.11 Å². The Kier molecular flexibility index (Phi) is 3.36. The number of benzene rings is 1. The van der Waals surface area contributed by atoms with Crippen molar-refractivity contribution >= 4 is 11.3 Å². The Labute approximate surface area is 107 Å². The standard InChI is InChI=1S/C15H18OS/c1-4-12-5-7-13(8-6-12)15(3,16)14-9-11(2)17-10-14/h5-10,16H,4H2,1-3H3. The van der Waals surface area contributed by atoms with Gasteiger partial charge in [0.15, 0.2) is 0 Å². The summed E-state index contributed by atoms with van der Waals surface area (Å²) >= 11 is 1.67. The minimum atomic E-state index is -0.892. The largest absolute Gasteiger partial charge is 0.381 e. The van der Waals surface area contributed by atoms with Crippen LogP contribution in [0.25, 0.3) is 0 Å². The van der Waals surface area contributed by atoms with Gasteiger partial charge in [0.25, 0.3) is 0 Å². The minimum Gasteiger partial charge on any atom is -0.381 e. The van der Waals surface area contributed by atoms with Crippen LogP contribution in [0.4, 0.5) is 0 Å². The van der Waals surface area contributed by atoms with Crippen molar-refractivity contribution in [2.75, 3.05) is 0 Å². The SMILES string of the molecule is CCc1ccc(C(C)(O)c2csc(C)c2)cc1. The summed E-state index contributed by atoms with van der Waals surface area (Å²) in [6.45, 7) is 6.05. The lowest BCUT2D eigenvalue weighted by Gasteiger charge is -2.23. The van der Waals surface area contributed by atoms with Crippen LogP contribution in [0.1, 0.15) is 35.4 Å². The van der Waals surface area contributed by atoms with Crippen molar-refractivity contribution in [2.45, 2.75) is 32.8 Å². The van der Waals surface area contributed by atoms with E-state index in [1.54, 1.807) is 11.3 Å². The molecule has 2 heteroatoms. The Morgan fingerprint density at radius 1 is 1.18 bits per heavy atom. The molecule has 1 atom stereocenters. The van der Waals surface area contributed by atoms with Crippen molar-refractivity contribution in [3.63, 3.8) is 0 Å². The number of aryl methyl sites for hydroxylation is 2. The van der Waals surface area contributed by atoms with Gasteiger partial charge >= 0.3 is 0 Å². The summed E-state index contributed by atoms with van der Waals surface area (Å²) in [5, 5.41) is 12.7.